The molecular weight excluding hydrogens is 326 g/mol. The predicted molar refractivity (Wildman–Crippen MR) is 88.9 cm³/mol. The molecule has 3 N–H and O–H groups in total. The second-order valence-corrected chi connectivity index (χ2v) is 7.02. The molecule has 1 aromatic carbocycles. The summed E-state index contributed by atoms with van der Waals surface area (Å²) in [5.74, 6) is -0.132. The number of nitrogens with one attached hydrogen (secondary N) is 3. The van der Waals surface area contributed by atoms with Crippen LogP contribution < -0.4 is 15.4 Å². The standard InChI is InChI=1S/C14H21N3O3S.ClH/c1-10-12(6-3-7-13(10)21(19,20)15-2)17-14(18)11-5-4-8-16-9-11;/h3,6-7,11,15-16H,4-5,8-9H2,1-2H3,(H,17,18);1H. The smallest absolute Gasteiger partial charge is 0.240 e. The van der Waals surface area contributed by atoms with Gasteiger partial charge in [0.1, 0.15) is 0 Å². The zero-order chi connectivity index (χ0) is 15.5. The minimum atomic E-state index is -3.53. The highest BCUT2D eigenvalue weighted by Crippen LogP contribution is 2.24. The lowest BCUT2D eigenvalue weighted by Gasteiger charge is -2.22. The van der Waals surface area contributed by atoms with Crippen molar-refractivity contribution in [2.75, 3.05) is 25.5 Å². The van der Waals surface area contributed by atoms with Crippen molar-refractivity contribution in [3.63, 3.8) is 0 Å². The van der Waals surface area contributed by atoms with Crippen molar-refractivity contribution >= 4 is 34.0 Å². The SMILES string of the molecule is CNS(=O)(=O)c1cccc(NC(=O)C2CCCNC2)c1C.Cl. The number of hydrogen-bond acceptors (Lipinski definition) is 4. The first-order chi connectivity index (χ1) is 9.95. The molecule has 6 nitrogen and oxygen atoms in total. The average molecular weight is 348 g/mol. The zero-order valence-electron chi connectivity index (χ0n) is 12.7. The molecule has 0 aromatic heterocycles. The Morgan fingerprint density at radius 1 is 1.36 bits per heavy atom. The Kier molecular flexibility index (Phi) is 6.80. The number of sulfonamides is 1. The second kappa shape index (κ2) is 7.92. The van der Waals surface area contributed by atoms with Crippen molar-refractivity contribution in [3.05, 3.63) is 23.8 Å². The van der Waals surface area contributed by atoms with Gasteiger partial charge in [0, 0.05) is 12.2 Å². The summed E-state index contributed by atoms with van der Waals surface area (Å²) in [4.78, 5) is 12.4. The molecule has 124 valence electrons. The Bertz CT molecular complexity index is 628. The van der Waals surface area contributed by atoms with Gasteiger partial charge in [0.25, 0.3) is 0 Å². The van der Waals surface area contributed by atoms with Crippen LogP contribution >= 0.6 is 12.4 Å². The van der Waals surface area contributed by atoms with Crippen LogP contribution in [0.25, 0.3) is 0 Å². The lowest BCUT2D eigenvalue weighted by atomic mass is 9.98. The third-order valence-electron chi connectivity index (χ3n) is 3.77. The van der Waals surface area contributed by atoms with Gasteiger partial charge in [-0.2, -0.15) is 0 Å². The molecule has 0 spiro atoms. The molecule has 8 heteroatoms. The van der Waals surface area contributed by atoms with Crippen LogP contribution in [0.1, 0.15) is 18.4 Å². The van der Waals surface area contributed by atoms with E-state index in [0.29, 0.717) is 17.8 Å². The number of rotatable bonds is 4. The molecule has 0 radical (unpaired) electrons. The number of amides is 1. The Morgan fingerprint density at radius 2 is 2.09 bits per heavy atom. The van der Waals surface area contributed by atoms with Gasteiger partial charge in [-0.1, -0.05) is 6.07 Å². The number of carbonyl (C=O) groups is 1. The van der Waals surface area contributed by atoms with Crippen molar-refractivity contribution in [1.82, 2.24) is 10.0 Å². The highest BCUT2D eigenvalue weighted by atomic mass is 35.5. The van der Waals surface area contributed by atoms with Gasteiger partial charge >= 0.3 is 0 Å². The fraction of sp³-hybridized carbons (Fsp3) is 0.500. The average Bonchev–Trinajstić information content (AvgIpc) is 2.50. The van der Waals surface area contributed by atoms with Gasteiger partial charge < -0.3 is 10.6 Å². The van der Waals surface area contributed by atoms with Gasteiger partial charge in [-0.15, -0.1) is 12.4 Å². The van der Waals surface area contributed by atoms with Crippen LogP contribution in [-0.4, -0.2) is 34.5 Å². The number of carbonyl (C=O) groups excluding carboxylic acids is 1. The summed E-state index contributed by atoms with van der Waals surface area (Å²) < 4.78 is 26.1. The third-order valence-corrected chi connectivity index (χ3v) is 5.33. The fourth-order valence-electron chi connectivity index (χ4n) is 2.46. The van der Waals surface area contributed by atoms with E-state index in [1.54, 1.807) is 19.1 Å². The van der Waals surface area contributed by atoms with Crippen molar-refractivity contribution in [1.29, 1.82) is 0 Å². The third kappa shape index (κ3) is 4.19. The van der Waals surface area contributed by atoms with Gasteiger partial charge in [-0.25, -0.2) is 13.1 Å². The predicted octanol–water partition coefficient (Wildman–Crippen LogP) is 1.26. The van der Waals surface area contributed by atoms with Crippen LogP contribution in [0, 0.1) is 12.8 Å². The first-order valence-electron chi connectivity index (χ1n) is 7.00. The molecule has 0 aliphatic carbocycles. The Hall–Kier alpha value is -1.15. The lowest BCUT2D eigenvalue weighted by molar-refractivity contribution is -0.120. The van der Waals surface area contributed by atoms with E-state index in [9.17, 15) is 13.2 Å². The van der Waals surface area contributed by atoms with Crippen LogP contribution in [0.3, 0.4) is 0 Å². The van der Waals surface area contributed by atoms with E-state index in [-0.39, 0.29) is 29.1 Å². The fourth-order valence-corrected chi connectivity index (χ4v) is 3.45. The molecule has 2 rings (SSSR count). The maximum absolute atomic E-state index is 12.2. The van der Waals surface area contributed by atoms with Gasteiger partial charge in [-0.3, -0.25) is 4.79 Å². The molecule has 0 saturated carbocycles. The van der Waals surface area contributed by atoms with E-state index in [1.165, 1.54) is 13.1 Å². The molecule has 1 atom stereocenters. The van der Waals surface area contributed by atoms with Crippen LogP contribution in [-0.2, 0) is 14.8 Å². The van der Waals surface area contributed by atoms with Crippen LogP contribution in [0.15, 0.2) is 23.1 Å². The monoisotopic (exact) mass is 347 g/mol. The summed E-state index contributed by atoms with van der Waals surface area (Å²) >= 11 is 0. The zero-order valence-corrected chi connectivity index (χ0v) is 14.3. The van der Waals surface area contributed by atoms with Crippen molar-refractivity contribution in [2.24, 2.45) is 5.92 Å². The van der Waals surface area contributed by atoms with E-state index in [2.05, 4.69) is 15.4 Å². The molecule has 1 heterocycles. The highest BCUT2D eigenvalue weighted by molar-refractivity contribution is 7.89. The number of benzene rings is 1. The van der Waals surface area contributed by atoms with Gasteiger partial charge in [0.15, 0.2) is 0 Å². The summed E-state index contributed by atoms with van der Waals surface area (Å²) in [6.07, 6.45) is 1.83. The van der Waals surface area contributed by atoms with E-state index in [0.717, 1.165) is 19.4 Å². The summed E-state index contributed by atoms with van der Waals surface area (Å²) in [5, 5.41) is 6.04. The molecule has 1 aliphatic heterocycles. The molecule has 22 heavy (non-hydrogen) atoms. The van der Waals surface area contributed by atoms with Crippen LogP contribution in [0.5, 0.6) is 0 Å². The van der Waals surface area contributed by atoms with Gasteiger partial charge in [0.2, 0.25) is 15.9 Å². The minimum Gasteiger partial charge on any atom is -0.326 e. The Morgan fingerprint density at radius 3 is 2.68 bits per heavy atom. The van der Waals surface area contributed by atoms with Crippen molar-refractivity contribution in [2.45, 2.75) is 24.7 Å². The summed E-state index contributed by atoms with van der Waals surface area (Å²) in [6.45, 7) is 3.30. The molecule has 1 aromatic rings. The second-order valence-electron chi connectivity index (χ2n) is 5.17. The largest absolute Gasteiger partial charge is 0.326 e. The van der Waals surface area contributed by atoms with Crippen LogP contribution in [0.4, 0.5) is 5.69 Å². The molecular formula is C14H22ClN3O3S. The van der Waals surface area contributed by atoms with E-state index in [4.69, 9.17) is 0 Å². The molecule has 1 amide bonds. The molecule has 1 aliphatic rings. The Balaban J connectivity index is 0.00000242. The van der Waals surface area contributed by atoms with Crippen LogP contribution in [0.2, 0.25) is 0 Å². The lowest BCUT2D eigenvalue weighted by Crippen LogP contribution is -2.37. The maximum atomic E-state index is 12.2. The molecule has 1 unspecified atom stereocenters. The normalized spacial score (nSPS) is 18.4. The van der Waals surface area contributed by atoms with Gasteiger partial charge in [-0.05, 0) is 51.1 Å². The number of piperidine rings is 1. The van der Waals surface area contributed by atoms with E-state index < -0.39 is 10.0 Å². The van der Waals surface area contributed by atoms with Crippen molar-refractivity contribution < 1.29 is 13.2 Å². The molecule has 0 bridgehead atoms. The Labute approximate surface area is 137 Å². The molecule has 1 saturated heterocycles. The highest BCUT2D eigenvalue weighted by Gasteiger charge is 2.22. The number of hydrogen-bond donors (Lipinski definition) is 3. The van der Waals surface area contributed by atoms with E-state index in [1.807, 2.05) is 0 Å². The number of anilines is 1. The minimum absolute atomic E-state index is 0. The first kappa shape index (κ1) is 18.9. The van der Waals surface area contributed by atoms with Gasteiger partial charge in [0.05, 0.1) is 10.8 Å². The topological polar surface area (TPSA) is 87.3 Å². The first-order valence-corrected chi connectivity index (χ1v) is 8.49. The summed E-state index contributed by atoms with van der Waals surface area (Å²) in [6, 6.07) is 4.88. The quantitative estimate of drug-likeness (QED) is 0.765. The summed E-state index contributed by atoms with van der Waals surface area (Å²) in [7, 11) is -2.16. The van der Waals surface area contributed by atoms with E-state index >= 15 is 0 Å². The summed E-state index contributed by atoms with van der Waals surface area (Å²) in [5.41, 5.74) is 1.09. The van der Waals surface area contributed by atoms with Crippen molar-refractivity contribution in [3.8, 4) is 0 Å². The number of halogens is 1. The molecule has 1 fully saturated rings. The maximum Gasteiger partial charge on any atom is 0.240 e.